The highest BCUT2D eigenvalue weighted by molar-refractivity contribution is 7.44. The highest BCUT2D eigenvalue weighted by Crippen LogP contribution is 2.46. The summed E-state index contributed by atoms with van der Waals surface area (Å²) in [5.74, 6) is 0. The summed E-state index contributed by atoms with van der Waals surface area (Å²) in [7, 11) is -1.34. The molecule has 36 heavy (non-hydrogen) atoms. The largest absolute Gasteiger partial charge is 0.366 e. The van der Waals surface area contributed by atoms with E-state index in [2.05, 4.69) is 45.4 Å². The first-order valence-electron chi connectivity index (χ1n) is 14.9. The predicted octanol–water partition coefficient (Wildman–Crippen LogP) is 8.88. The molecule has 0 saturated heterocycles. The molecular weight excluding hydrogens is 471 g/mol. The van der Waals surface area contributed by atoms with Crippen molar-refractivity contribution in [1.29, 1.82) is 5.26 Å². The first kappa shape index (κ1) is 35.7. The molecule has 0 saturated carbocycles. The van der Waals surface area contributed by atoms with Crippen LogP contribution in [0, 0.1) is 11.3 Å². The maximum atomic E-state index is 10.2. The number of rotatable bonds is 27. The summed E-state index contributed by atoms with van der Waals surface area (Å²) in [6.45, 7) is 11.6. The van der Waals surface area contributed by atoms with Crippen LogP contribution in [0.1, 0.15) is 144 Å². The standard InChI is InChI=1S/C29H59N2O4P/c1-6-7-8-9-10-11-12-13-14-15-16-17-18-19-20-21-24-33-29(32)26-35-36(34-25-22-23-30)31(27(2)3)28(4)5/h27-29,32H,6-22,24-26H2,1-5H3. The van der Waals surface area contributed by atoms with Gasteiger partial charge in [0.1, 0.15) is 6.61 Å². The Balaban J connectivity index is 3.71. The lowest BCUT2D eigenvalue weighted by molar-refractivity contribution is -0.121. The molecule has 0 radical (unpaired) electrons. The van der Waals surface area contributed by atoms with E-state index in [9.17, 15) is 5.11 Å². The fourth-order valence-electron chi connectivity index (χ4n) is 4.36. The van der Waals surface area contributed by atoms with Crippen molar-refractivity contribution in [3.05, 3.63) is 0 Å². The molecule has 1 N–H and O–H groups in total. The fourth-order valence-corrected chi connectivity index (χ4v) is 5.96. The molecule has 0 bridgehead atoms. The Kier molecular flexibility index (Phi) is 26.1. The van der Waals surface area contributed by atoms with Crippen LogP contribution in [0.3, 0.4) is 0 Å². The second-order valence-electron chi connectivity index (χ2n) is 10.5. The summed E-state index contributed by atoms with van der Waals surface area (Å²) >= 11 is 0. The third-order valence-corrected chi connectivity index (χ3v) is 8.37. The van der Waals surface area contributed by atoms with Crippen molar-refractivity contribution >= 4 is 8.53 Å². The molecule has 214 valence electrons. The van der Waals surface area contributed by atoms with E-state index in [1.54, 1.807) is 0 Å². The topological polar surface area (TPSA) is 75.0 Å². The molecule has 7 heteroatoms. The Bertz CT molecular complexity index is 494. The maximum Gasteiger partial charge on any atom is 0.259 e. The van der Waals surface area contributed by atoms with E-state index in [1.807, 2.05) is 0 Å². The summed E-state index contributed by atoms with van der Waals surface area (Å²) in [6, 6.07) is 2.57. The first-order valence-corrected chi connectivity index (χ1v) is 16.1. The molecular formula is C29H59N2O4P. The van der Waals surface area contributed by atoms with E-state index in [1.165, 1.54) is 89.9 Å². The molecule has 0 aliphatic rings. The van der Waals surface area contributed by atoms with Gasteiger partial charge in [0.05, 0.1) is 19.1 Å². The number of hydrogen-bond acceptors (Lipinski definition) is 6. The van der Waals surface area contributed by atoms with Gasteiger partial charge < -0.3 is 18.9 Å². The van der Waals surface area contributed by atoms with Crippen LogP contribution in [0.25, 0.3) is 0 Å². The van der Waals surface area contributed by atoms with Gasteiger partial charge in [0.25, 0.3) is 8.53 Å². The smallest absolute Gasteiger partial charge is 0.259 e. The van der Waals surface area contributed by atoms with Gasteiger partial charge >= 0.3 is 0 Å². The zero-order chi connectivity index (χ0) is 26.9. The van der Waals surface area contributed by atoms with Crippen molar-refractivity contribution in [3.8, 4) is 6.07 Å². The fraction of sp³-hybridized carbons (Fsp3) is 0.966. The lowest BCUT2D eigenvalue weighted by Crippen LogP contribution is -2.34. The third-order valence-electron chi connectivity index (χ3n) is 6.30. The number of ether oxygens (including phenoxy) is 1. The molecule has 0 rings (SSSR count). The monoisotopic (exact) mass is 530 g/mol. The van der Waals surface area contributed by atoms with Crippen LogP contribution in [0.4, 0.5) is 0 Å². The van der Waals surface area contributed by atoms with Gasteiger partial charge in [0.2, 0.25) is 0 Å². The minimum Gasteiger partial charge on any atom is -0.366 e. The maximum absolute atomic E-state index is 10.2. The number of aliphatic hydroxyl groups is 1. The summed E-state index contributed by atoms with van der Waals surface area (Å²) in [5, 5.41) is 19.0. The lowest BCUT2D eigenvalue weighted by atomic mass is 10.0. The van der Waals surface area contributed by atoms with E-state index in [-0.39, 0.29) is 18.7 Å². The van der Waals surface area contributed by atoms with E-state index < -0.39 is 14.8 Å². The Morgan fingerprint density at radius 3 is 1.56 bits per heavy atom. The molecule has 2 unspecified atom stereocenters. The predicted molar refractivity (Wildman–Crippen MR) is 153 cm³/mol. The van der Waals surface area contributed by atoms with Crippen molar-refractivity contribution in [1.82, 2.24) is 4.67 Å². The number of aliphatic hydroxyl groups excluding tert-OH is 1. The third kappa shape index (κ3) is 21.8. The highest BCUT2D eigenvalue weighted by Gasteiger charge is 2.27. The van der Waals surface area contributed by atoms with Gasteiger partial charge in [-0.25, -0.2) is 4.67 Å². The van der Waals surface area contributed by atoms with Crippen molar-refractivity contribution in [2.45, 2.75) is 162 Å². The molecule has 6 nitrogen and oxygen atoms in total. The van der Waals surface area contributed by atoms with Crippen LogP contribution >= 0.6 is 8.53 Å². The molecule has 0 aliphatic heterocycles. The number of hydrogen-bond donors (Lipinski definition) is 1. The second-order valence-corrected chi connectivity index (χ2v) is 11.9. The number of nitriles is 1. The van der Waals surface area contributed by atoms with Crippen LogP contribution in [-0.2, 0) is 13.8 Å². The first-order chi connectivity index (χ1) is 17.4. The van der Waals surface area contributed by atoms with Gasteiger partial charge in [-0.3, -0.25) is 0 Å². The molecule has 0 aromatic carbocycles. The normalized spacial score (nSPS) is 13.6. The van der Waals surface area contributed by atoms with Crippen molar-refractivity contribution in [2.24, 2.45) is 0 Å². The molecule has 0 amide bonds. The zero-order valence-corrected chi connectivity index (χ0v) is 25.3. The van der Waals surface area contributed by atoms with E-state index in [0.29, 0.717) is 19.6 Å². The summed E-state index contributed by atoms with van der Waals surface area (Å²) in [4.78, 5) is 0. The molecule has 0 spiro atoms. The van der Waals surface area contributed by atoms with Gasteiger partial charge in [0, 0.05) is 18.7 Å². The van der Waals surface area contributed by atoms with Gasteiger partial charge in [0.15, 0.2) is 6.29 Å². The zero-order valence-electron chi connectivity index (χ0n) is 24.4. The van der Waals surface area contributed by atoms with E-state index >= 15 is 0 Å². The van der Waals surface area contributed by atoms with E-state index in [0.717, 1.165) is 12.8 Å². The average Bonchev–Trinajstić information content (AvgIpc) is 2.84. The van der Waals surface area contributed by atoms with Crippen LogP contribution in [0.5, 0.6) is 0 Å². The van der Waals surface area contributed by atoms with Crippen LogP contribution in [-0.4, -0.2) is 48.0 Å². The van der Waals surface area contributed by atoms with Crippen LogP contribution in [0.15, 0.2) is 0 Å². The second kappa shape index (κ2) is 26.3. The minimum atomic E-state index is -1.34. The Morgan fingerprint density at radius 2 is 1.14 bits per heavy atom. The molecule has 0 heterocycles. The number of nitrogens with zero attached hydrogens (tertiary/aromatic N) is 2. The van der Waals surface area contributed by atoms with Gasteiger partial charge in [-0.2, -0.15) is 5.26 Å². The highest BCUT2D eigenvalue weighted by atomic mass is 31.2. The van der Waals surface area contributed by atoms with E-state index in [4.69, 9.17) is 19.0 Å². The average molecular weight is 531 g/mol. The SMILES string of the molecule is CCCCCCCCCCCCCCCCCCOC(O)COP(OCCC#N)N(C(C)C)C(C)C. The van der Waals surface area contributed by atoms with Crippen molar-refractivity contribution in [2.75, 3.05) is 19.8 Å². The van der Waals surface area contributed by atoms with Gasteiger partial charge in [-0.05, 0) is 34.1 Å². The van der Waals surface area contributed by atoms with Gasteiger partial charge in [-0.1, -0.05) is 103 Å². The minimum absolute atomic E-state index is 0.0764. The van der Waals surface area contributed by atoms with Crippen LogP contribution in [0.2, 0.25) is 0 Å². The Morgan fingerprint density at radius 1 is 0.694 bits per heavy atom. The quantitative estimate of drug-likeness (QED) is 0.0649. The molecule has 0 aromatic heterocycles. The molecule has 0 aliphatic carbocycles. The Hall–Kier alpha value is -0.280. The van der Waals surface area contributed by atoms with Gasteiger partial charge in [-0.15, -0.1) is 0 Å². The Labute approximate surface area is 225 Å². The number of unbranched alkanes of at least 4 members (excludes halogenated alkanes) is 15. The molecule has 0 fully saturated rings. The summed E-state index contributed by atoms with van der Waals surface area (Å²) in [6.07, 6.45) is 20.8. The summed E-state index contributed by atoms with van der Waals surface area (Å²) in [5.41, 5.74) is 0. The van der Waals surface area contributed by atoms with Crippen molar-refractivity contribution in [3.63, 3.8) is 0 Å². The lowest BCUT2D eigenvalue weighted by Gasteiger charge is -2.35. The van der Waals surface area contributed by atoms with Crippen LogP contribution < -0.4 is 0 Å². The summed E-state index contributed by atoms with van der Waals surface area (Å²) < 4.78 is 19.4. The molecule has 2 atom stereocenters. The molecule has 0 aromatic rings. The van der Waals surface area contributed by atoms with Crippen molar-refractivity contribution < 1.29 is 18.9 Å².